The molecule has 0 radical (unpaired) electrons. The van der Waals surface area contributed by atoms with Crippen LogP contribution >= 0.6 is 0 Å². The van der Waals surface area contributed by atoms with E-state index in [1.54, 1.807) is 0 Å². The molecule has 1 fully saturated rings. The quantitative estimate of drug-likeness (QED) is 0.871. The molecule has 0 amide bonds. The second kappa shape index (κ2) is 3.71. The maximum absolute atomic E-state index is 9.17. The first kappa shape index (κ1) is 11.0. The average molecular weight is 237 g/mol. The lowest BCUT2D eigenvalue weighted by Gasteiger charge is -2.05. The van der Waals surface area contributed by atoms with Gasteiger partial charge in [-0.1, -0.05) is 23.8 Å². The van der Waals surface area contributed by atoms with E-state index in [9.17, 15) is 5.26 Å². The Hall–Kier alpha value is -2.08. The second-order valence-corrected chi connectivity index (χ2v) is 5.16. The zero-order valence-electron chi connectivity index (χ0n) is 10.6. The second-order valence-electron chi connectivity index (χ2n) is 5.16. The van der Waals surface area contributed by atoms with E-state index >= 15 is 0 Å². The van der Waals surface area contributed by atoms with Gasteiger partial charge in [-0.15, -0.1) is 0 Å². The van der Waals surface area contributed by atoms with Gasteiger partial charge in [-0.2, -0.15) is 5.26 Å². The van der Waals surface area contributed by atoms with Gasteiger partial charge in [0.15, 0.2) is 0 Å². The van der Waals surface area contributed by atoms with Crippen molar-refractivity contribution in [1.29, 1.82) is 5.26 Å². The third kappa shape index (κ3) is 1.62. The summed E-state index contributed by atoms with van der Waals surface area (Å²) in [4.78, 5) is 7.69. The van der Waals surface area contributed by atoms with Crippen LogP contribution in [0.5, 0.6) is 0 Å². The fourth-order valence-corrected chi connectivity index (χ4v) is 2.34. The van der Waals surface area contributed by atoms with Gasteiger partial charge < -0.3 is 4.98 Å². The Morgan fingerprint density at radius 2 is 2.11 bits per heavy atom. The molecule has 2 aromatic rings. The van der Waals surface area contributed by atoms with Gasteiger partial charge in [0.05, 0.1) is 18.0 Å². The third-order valence-electron chi connectivity index (χ3n) is 3.67. The summed E-state index contributed by atoms with van der Waals surface area (Å²) in [5.41, 5.74) is 4.31. The number of nitrogens with zero attached hydrogens (tertiary/aromatic N) is 2. The standard InChI is InChI=1S/C15H15N3/c1-10-3-4-12(11(2)7-10)13-8-17-14(18-13)15(9-16)5-6-15/h3-4,7-8H,5-6H2,1-2H3,(H,17,18). The van der Waals surface area contributed by atoms with E-state index in [0.29, 0.717) is 0 Å². The largest absolute Gasteiger partial charge is 0.341 e. The number of aryl methyl sites for hydroxylation is 2. The van der Waals surface area contributed by atoms with Gasteiger partial charge in [0.2, 0.25) is 0 Å². The predicted octanol–water partition coefficient (Wildman–Crippen LogP) is 3.25. The van der Waals surface area contributed by atoms with E-state index in [-0.39, 0.29) is 5.41 Å². The first-order chi connectivity index (χ1) is 8.64. The van der Waals surface area contributed by atoms with Crippen molar-refractivity contribution in [3.63, 3.8) is 0 Å². The summed E-state index contributed by atoms with van der Waals surface area (Å²) in [5, 5.41) is 9.17. The van der Waals surface area contributed by atoms with Gasteiger partial charge in [0.1, 0.15) is 11.2 Å². The van der Waals surface area contributed by atoms with Crippen molar-refractivity contribution in [2.24, 2.45) is 0 Å². The van der Waals surface area contributed by atoms with Crippen molar-refractivity contribution in [3.8, 4) is 17.3 Å². The van der Waals surface area contributed by atoms with Crippen LogP contribution in [0, 0.1) is 25.2 Å². The Kier molecular flexibility index (Phi) is 2.27. The topological polar surface area (TPSA) is 52.5 Å². The normalized spacial score (nSPS) is 16.3. The van der Waals surface area contributed by atoms with E-state index in [4.69, 9.17) is 0 Å². The number of benzene rings is 1. The molecule has 3 rings (SSSR count). The zero-order chi connectivity index (χ0) is 12.8. The van der Waals surface area contributed by atoms with Gasteiger partial charge in [0, 0.05) is 5.56 Å². The van der Waals surface area contributed by atoms with E-state index < -0.39 is 0 Å². The lowest BCUT2D eigenvalue weighted by molar-refractivity contribution is 0.822. The molecule has 0 aliphatic heterocycles. The van der Waals surface area contributed by atoms with Crippen molar-refractivity contribution in [2.45, 2.75) is 32.1 Å². The third-order valence-corrected chi connectivity index (χ3v) is 3.67. The van der Waals surface area contributed by atoms with Crippen molar-refractivity contribution in [2.75, 3.05) is 0 Å². The molecule has 0 saturated heterocycles. The number of nitriles is 1. The molecule has 0 spiro atoms. The number of nitrogens with one attached hydrogen (secondary N) is 1. The Balaban J connectivity index is 2.01. The summed E-state index contributed by atoms with van der Waals surface area (Å²) in [7, 11) is 0. The van der Waals surface area contributed by atoms with Crippen molar-refractivity contribution in [1.82, 2.24) is 9.97 Å². The molecule has 1 aliphatic rings. The van der Waals surface area contributed by atoms with Crippen LogP contribution in [0.2, 0.25) is 0 Å². The highest BCUT2D eigenvalue weighted by Gasteiger charge is 2.47. The predicted molar refractivity (Wildman–Crippen MR) is 70.0 cm³/mol. The molecule has 0 atom stereocenters. The lowest BCUT2D eigenvalue weighted by atomic mass is 10.0. The molecular weight excluding hydrogens is 222 g/mol. The molecule has 1 saturated carbocycles. The maximum Gasteiger partial charge on any atom is 0.127 e. The van der Waals surface area contributed by atoms with Crippen LogP contribution in [0.1, 0.15) is 29.8 Å². The maximum atomic E-state index is 9.17. The Morgan fingerprint density at radius 3 is 2.72 bits per heavy atom. The molecule has 3 heteroatoms. The van der Waals surface area contributed by atoms with Crippen molar-refractivity contribution >= 4 is 0 Å². The highest BCUT2D eigenvalue weighted by molar-refractivity contribution is 5.63. The molecule has 0 bridgehead atoms. The molecule has 90 valence electrons. The van der Waals surface area contributed by atoms with Gasteiger partial charge >= 0.3 is 0 Å². The molecule has 1 aromatic heterocycles. The molecule has 0 unspecified atom stereocenters. The van der Waals surface area contributed by atoms with Gasteiger partial charge in [-0.05, 0) is 32.3 Å². The fourth-order valence-electron chi connectivity index (χ4n) is 2.34. The van der Waals surface area contributed by atoms with Crippen LogP contribution in [0.4, 0.5) is 0 Å². The first-order valence-corrected chi connectivity index (χ1v) is 6.19. The number of imidazole rings is 1. The molecular formula is C15H15N3. The Labute approximate surface area is 106 Å². The number of aromatic amines is 1. The highest BCUT2D eigenvalue weighted by atomic mass is 15.0. The average Bonchev–Trinajstić information content (AvgIpc) is 3.00. The fraction of sp³-hybridized carbons (Fsp3) is 0.333. The van der Waals surface area contributed by atoms with Crippen LogP contribution in [0.3, 0.4) is 0 Å². The number of hydrogen-bond acceptors (Lipinski definition) is 2. The minimum absolute atomic E-state index is 0.336. The van der Waals surface area contributed by atoms with Crippen molar-refractivity contribution < 1.29 is 0 Å². The van der Waals surface area contributed by atoms with E-state index in [1.807, 2.05) is 6.20 Å². The summed E-state index contributed by atoms with van der Waals surface area (Å²) in [6.45, 7) is 4.18. The number of H-pyrrole nitrogens is 1. The SMILES string of the molecule is Cc1ccc(-c2cnc(C3(C#N)CC3)[nH]2)c(C)c1. The van der Waals surface area contributed by atoms with Gasteiger partial charge in [-0.25, -0.2) is 4.98 Å². The van der Waals surface area contributed by atoms with Gasteiger partial charge in [0.25, 0.3) is 0 Å². The van der Waals surface area contributed by atoms with Crippen LogP contribution < -0.4 is 0 Å². The minimum Gasteiger partial charge on any atom is -0.341 e. The highest BCUT2D eigenvalue weighted by Crippen LogP contribution is 2.46. The molecule has 18 heavy (non-hydrogen) atoms. The summed E-state index contributed by atoms with van der Waals surface area (Å²) in [5.74, 6) is 0.819. The van der Waals surface area contributed by atoms with Crippen LogP contribution in [-0.4, -0.2) is 9.97 Å². The summed E-state index contributed by atoms with van der Waals surface area (Å²) < 4.78 is 0. The van der Waals surface area contributed by atoms with E-state index in [1.165, 1.54) is 11.1 Å². The summed E-state index contributed by atoms with van der Waals surface area (Å²) in [6.07, 6.45) is 3.68. The van der Waals surface area contributed by atoms with Gasteiger partial charge in [-0.3, -0.25) is 0 Å². The molecule has 1 heterocycles. The lowest BCUT2D eigenvalue weighted by Crippen LogP contribution is -2.04. The first-order valence-electron chi connectivity index (χ1n) is 6.19. The Morgan fingerprint density at radius 1 is 1.33 bits per heavy atom. The van der Waals surface area contributed by atoms with Crippen LogP contribution in [0.15, 0.2) is 24.4 Å². The monoisotopic (exact) mass is 237 g/mol. The number of rotatable bonds is 2. The van der Waals surface area contributed by atoms with Crippen molar-refractivity contribution in [3.05, 3.63) is 41.3 Å². The van der Waals surface area contributed by atoms with Crippen LogP contribution in [-0.2, 0) is 5.41 Å². The zero-order valence-corrected chi connectivity index (χ0v) is 10.6. The summed E-state index contributed by atoms with van der Waals surface area (Å²) in [6, 6.07) is 8.73. The van der Waals surface area contributed by atoms with E-state index in [0.717, 1.165) is 29.9 Å². The van der Waals surface area contributed by atoms with E-state index in [2.05, 4.69) is 48.1 Å². The number of hydrogen-bond donors (Lipinski definition) is 1. The Bertz CT molecular complexity index is 642. The number of aromatic nitrogens is 2. The molecule has 1 aromatic carbocycles. The smallest absolute Gasteiger partial charge is 0.127 e. The van der Waals surface area contributed by atoms with Crippen LogP contribution in [0.25, 0.3) is 11.3 Å². The minimum atomic E-state index is -0.336. The molecule has 1 aliphatic carbocycles. The molecule has 3 nitrogen and oxygen atoms in total. The summed E-state index contributed by atoms with van der Waals surface area (Å²) >= 11 is 0. The molecule has 1 N–H and O–H groups in total.